The van der Waals surface area contributed by atoms with Gasteiger partial charge in [-0.15, -0.1) is 0 Å². The molecule has 1 aromatic carbocycles. The lowest BCUT2D eigenvalue weighted by Crippen LogP contribution is -2.45. The van der Waals surface area contributed by atoms with Crippen molar-refractivity contribution in [3.8, 4) is 0 Å². The topological polar surface area (TPSA) is 55.3 Å². The zero-order valence-corrected chi connectivity index (χ0v) is 14.1. The van der Waals surface area contributed by atoms with Crippen molar-refractivity contribution >= 4 is 5.69 Å². The molecule has 22 heavy (non-hydrogen) atoms. The summed E-state index contributed by atoms with van der Waals surface area (Å²) in [5, 5.41) is 0. The Bertz CT molecular complexity index is 505. The minimum absolute atomic E-state index is 0.195. The Labute approximate surface area is 135 Å². The van der Waals surface area contributed by atoms with Crippen LogP contribution in [0.1, 0.15) is 57.9 Å². The van der Waals surface area contributed by atoms with Gasteiger partial charge < -0.3 is 16.4 Å². The summed E-state index contributed by atoms with van der Waals surface area (Å²) in [6, 6.07) is 9.12. The zero-order valence-electron chi connectivity index (χ0n) is 14.1. The summed E-state index contributed by atoms with van der Waals surface area (Å²) >= 11 is 0. The Balaban J connectivity index is 1.84. The van der Waals surface area contributed by atoms with Gasteiger partial charge in [-0.1, -0.05) is 32.0 Å². The lowest BCUT2D eigenvalue weighted by Gasteiger charge is -2.43. The number of hydrogen-bond donors (Lipinski definition) is 2. The van der Waals surface area contributed by atoms with Gasteiger partial charge in [0.15, 0.2) is 0 Å². The van der Waals surface area contributed by atoms with E-state index in [4.69, 9.17) is 11.5 Å². The third-order valence-electron chi connectivity index (χ3n) is 5.82. The maximum Gasteiger partial charge on any atom is 0.0431 e. The first-order valence-electron chi connectivity index (χ1n) is 8.79. The van der Waals surface area contributed by atoms with Gasteiger partial charge in [-0.2, -0.15) is 0 Å². The van der Waals surface area contributed by atoms with Crippen molar-refractivity contribution in [1.82, 2.24) is 0 Å². The Morgan fingerprint density at radius 1 is 1.00 bits per heavy atom. The Morgan fingerprint density at radius 3 is 2.23 bits per heavy atom. The second kappa shape index (κ2) is 5.86. The highest BCUT2D eigenvalue weighted by atomic mass is 15.1. The molecule has 1 saturated heterocycles. The third kappa shape index (κ3) is 3.16. The number of benzene rings is 1. The van der Waals surface area contributed by atoms with E-state index in [1.165, 1.54) is 24.1 Å². The van der Waals surface area contributed by atoms with Crippen molar-refractivity contribution in [2.45, 2.75) is 64.0 Å². The predicted molar refractivity (Wildman–Crippen MR) is 94.0 cm³/mol. The van der Waals surface area contributed by atoms with E-state index < -0.39 is 0 Å². The van der Waals surface area contributed by atoms with E-state index in [0.717, 1.165) is 38.8 Å². The van der Waals surface area contributed by atoms with Crippen molar-refractivity contribution in [3.05, 3.63) is 29.8 Å². The number of nitrogens with two attached hydrogens (primary N) is 2. The van der Waals surface area contributed by atoms with Gasteiger partial charge in [0.05, 0.1) is 0 Å². The summed E-state index contributed by atoms with van der Waals surface area (Å²) in [6.45, 7) is 7.03. The average Bonchev–Trinajstić information content (AvgIpc) is 2.51. The van der Waals surface area contributed by atoms with Gasteiger partial charge >= 0.3 is 0 Å². The molecule has 0 radical (unpaired) electrons. The molecule has 1 aliphatic carbocycles. The first-order valence-corrected chi connectivity index (χ1v) is 8.79. The van der Waals surface area contributed by atoms with Crippen LogP contribution in [-0.2, 0) is 5.54 Å². The predicted octanol–water partition coefficient (Wildman–Crippen LogP) is 3.37. The van der Waals surface area contributed by atoms with Crippen LogP contribution in [0.2, 0.25) is 0 Å². The van der Waals surface area contributed by atoms with Crippen LogP contribution >= 0.6 is 0 Å². The standard InChI is InChI=1S/C19H31N3/c1-18(2)11-13-22(14-12-18)17-6-4-3-5-16(17)19(21)9-7-15(20)8-10-19/h3-6,15H,7-14,20-21H2,1-2H3. The molecule has 0 unspecified atom stereocenters. The molecule has 0 atom stereocenters. The fourth-order valence-electron chi connectivity index (χ4n) is 3.95. The molecule has 122 valence electrons. The maximum atomic E-state index is 6.82. The largest absolute Gasteiger partial charge is 0.371 e. The van der Waals surface area contributed by atoms with Crippen LogP contribution in [0.5, 0.6) is 0 Å². The number of hydrogen-bond acceptors (Lipinski definition) is 3. The van der Waals surface area contributed by atoms with Gasteiger partial charge in [0.1, 0.15) is 0 Å². The van der Waals surface area contributed by atoms with E-state index in [1.54, 1.807) is 0 Å². The van der Waals surface area contributed by atoms with Crippen molar-refractivity contribution in [3.63, 3.8) is 0 Å². The van der Waals surface area contributed by atoms with Gasteiger partial charge in [-0.25, -0.2) is 0 Å². The van der Waals surface area contributed by atoms with E-state index in [2.05, 4.69) is 43.0 Å². The number of nitrogens with zero attached hydrogens (tertiary/aromatic N) is 1. The molecule has 3 nitrogen and oxygen atoms in total. The van der Waals surface area contributed by atoms with Crippen molar-refractivity contribution in [1.29, 1.82) is 0 Å². The van der Waals surface area contributed by atoms with E-state index in [0.29, 0.717) is 11.5 Å². The summed E-state index contributed by atoms with van der Waals surface area (Å²) in [7, 11) is 0. The number of rotatable bonds is 2. The van der Waals surface area contributed by atoms with Gasteiger partial charge in [-0.3, -0.25) is 0 Å². The van der Waals surface area contributed by atoms with Crippen LogP contribution in [0, 0.1) is 5.41 Å². The molecule has 0 amide bonds. The molecule has 1 saturated carbocycles. The number of anilines is 1. The molecule has 4 N–H and O–H groups in total. The highest BCUT2D eigenvalue weighted by molar-refractivity contribution is 5.57. The molecule has 2 fully saturated rings. The summed E-state index contributed by atoms with van der Waals surface area (Å²) in [5.41, 5.74) is 15.9. The lowest BCUT2D eigenvalue weighted by molar-refractivity contribution is 0.269. The second-order valence-electron chi connectivity index (χ2n) is 8.16. The average molecular weight is 301 g/mol. The molecule has 0 bridgehead atoms. The Morgan fingerprint density at radius 2 is 1.59 bits per heavy atom. The molecule has 1 heterocycles. The van der Waals surface area contributed by atoms with E-state index in [-0.39, 0.29) is 5.54 Å². The molecule has 2 aliphatic rings. The summed E-state index contributed by atoms with van der Waals surface area (Å²) in [5.74, 6) is 0. The lowest BCUT2D eigenvalue weighted by atomic mass is 9.74. The van der Waals surface area contributed by atoms with Gasteiger partial charge in [0, 0.05) is 30.4 Å². The van der Waals surface area contributed by atoms with Crippen LogP contribution in [-0.4, -0.2) is 19.1 Å². The first kappa shape index (κ1) is 15.8. The number of para-hydroxylation sites is 1. The number of piperidine rings is 1. The normalized spacial score (nSPS) is 32.0. The molecular formula is C19H31N3. The molecule has 0 aromatic heterocycles. The summed E-state index contributed by atoms with van der Waals surface area (Å²) < 4.78 is 0. The summed E-state index contributed by atoms with van der Waals surface area (Å²) in [4.78, 5) is 2.55. The van der Waals surface area contributed by atoms with Gasteiger partial charge in [0.2, 0.25) is 0 Å². The molecule has 3 heteroatoms. The van der Waals surface area contributed by atoms with Crippen LogP contribution in [0.4, 0.5) is 5.69 Å². The maximum absolute atomic E-state index is 6.82. The quantitative estimate of drug-likeness (QED) is 0.880. The molecule has 3 rings (SSSR count). The van der Waals surface area contributed by atoms with Crippen molar-refractivity contribution in [2.24, 2.45) is 16.9 Å². The minimum Gasteiger partial charge on any atom is -0.371 e. The van der Waals surface area contributed by atoms with Crippen LogP contribution in [0.25, 0.3) is 0 Å². The Hall–Kier alpha value is -1.06. The molecule has 0 spiro atoms. The van der Waals surface area contributed by atoms with E-state index in [1.807, 2.05) is 0 Å². The zero-order chi connectivity index (χ0) is 15.8. The second-order valence-corrected chi connectivity index (χ2v) is 8.16. The highest BCUT2D eigenvalue weighted by Gasteiger charge is 2.35. The Kier molecular flexibility index (Phi) is 4.21. The van der Waals surface area contributed by atoms with Crippen molar-refractivity contribution < 1.29 is 0 Å². The summed E-state index contributed by atoms with van der Waals surface area (Å²) in [6.07, 6.45) is 6.60. The van der Waals surface area contributed by atoms with Gasteiger partial charge in [-0.05, 0) is 55.6 Å². The molecule has 1 aromatic rings. The van der Waals surface area contributed by atoms with Gasteiger partial charge in [0.25, 0.3) is 0 Å². The van der Waals surface area contributed by atoms with E-state index in [9.17, 15) is 0 Å². The van der Waals surface area contributed by atoms with Crippen LogP contribution in [0.3, 0.4) is 0 Å². The minimum atomic E-state index is -0.195. The first-order chi connectivity index (χ1) is 10.4. The fraction of sp³-hybridized carbons (Fsp3) is 0.684. The van der Waals surface area contributed by atoms with E-state index >= 15 is 0 Å². The van der Waals surface area contributed by atoms with Crippen LogP contribution in [0.15, 0.2) is 24.3 Å². The molecule has 1 aliphatic heterocycles. The van der Waals surface area contributed by atoms with Crippen molar-refractivity contribution in [2.75, 3.05) is 18.0 Å². The van der Waals surface area contributed by atoms with Crippen LogP contribution < -0.4 is 16.4 Å². The monoisotopic (exact) mass is 301 g/mol. The highest BCUT2D eigenvalue weighted by Crippen LogP contribution is 2.41. The SMILES string of the molecule is CC1(C)CCN(c2ccccc2C2(N)CCC(N)CC2)CC1. The fourth-order valence-corrected chi connectivity index (χ4v) is 3.95. The third-order valence-corrected chi connectivity index (χ3v) is 5.82. The molecular weight excluding hydrogens is 270 g/mol. The smallest absolute Gasteiger partial charge is 0.0431 e.